The summed E-state index contributed by atoms with van der Waals surface area (Å²) in [6.45, 7) is 4.88. The molecule has 0 bridgehead atoms. The quantitative estimate of drug-likeness (QED) is 0.801. The van der Waals surface area contributed by atoms with Gasteiger partial charge in [-0.05, 0) is 43.9 Å². The van der Waals surface area contributed by atoms with Gasteiger partial charge in [0.05, 0.1) is 18.3 Å². The zero-order valence-corrected chi connectivity index (χ0v) is 16.4. The van der Waals surface area contributed by atoms with Crippen molar-refractivity contribution >= 4 is 0 Å². The van der Waals surface area contributed by atoms with Gasteiger partial charge in [0.15, 0.2) is 5.79 Å². The number of aliphatic hydroxyl groups is 2. The third-order valence-electron chi connectivity index (χ3n) is 7.24. The predicted molar refractivity (Wildman–Crippen MR) is 97.7 cm³/mol. The Hall–Kier alpha value is -0.200. The van der Waals surface area contributed by atoms with Crippen LogP contribution in [0.3, 0.4) is 0 Å². The van der Waals surface area contributed by atoms with E-state index in [1.807, 2.05) is 0 Å². The molecule has 0 radical (unpaired) electrons. The van der Waals surface area contributed by atoms with E-state index >= 15 is 0 Å². The van der Waals surface area contributed by atoms with E-state index in [0.29, 0.717) is 18.4 Å². The summed E-state index contributed by atoms with van der Waals surface area (Å²) in [6, 6.07) is 0. The van der Waals surface area contributed by atoms with Crippen molar-refractivity contribution in [2.45, 2.75) is 114 Å². The summed E-state index contributed by atoms with van der Waals surface area (Å²) in [5, 5.41) is 21.5. The minimum atomic E-state index is -0.951. The van der Waals surface area contributed by atoms with E-state index in [9.17, 15) is 10.2 Å². The molecule has 2 saturated carbocycles. The summed E-state index contributed by atoms with van der Waals surface area (Å²) in [5.74, 6) is 0.722. The topological polar surface area (TPSA) is 68.2 Å². The van der Waals surface area contributed by atoms with Crippen LogP contribution in [-0.2, 0) is 14.2 Å². The number of hydrogen-bond donors (Lipinski definition) is 2. The minimum absolute atomic E-state index is 0.0733. The third-order valence-corrected chi connectivity index (χ3v) is 7.24. The molecule has 2 spiro atoms. The van der Waals surface area contributed by atoms with Crippen LogP contribution in [-0.4, -0.2) is 52.6 Å². The van der Waals surface area contributed by atoms with Crippen LogP contribution in [0.25, 0.3) is 0 Å². The van der Waals surface area contributed by atoms with Crippen molar-refractivity contribution in [1.82, 2.24) is 0 Å². The SMILES string of the molecule is CC1CCCC2(CC[C@@H]([C@H](O)[C@@H](O)[C@@H]3COC4(CCCC(C)C4)O3)O2)C1. The van der Waals surface area contributed by atoms with Crippen molar-refractivity contribution in [2.24, 2.45) is 11.8 Å². The lowest BCUT2D eigenvalue weighted by Crippen LogP contribution is -2.47. The van der Waals surface area contributed by atoms with Gasteiger partial charge in [-0.15, -0.1) is 0 Å². The minimum Gasteiger partial charge on any atom is -0.388 e. The van der Waals surface area contributed by atoms with E-state index in [0.717, 1.165) is 44.9 Å². The Balaban J connectivity index is 1.34. The van der Waals surface area contributed by atoms with Crippen LogP contribution >= 0.6 is 0 Å². The summed E-state index contributed by atoms with van der Waals surface area (Å²) in [5.41, 5.74) is -0.0733. The van der Waals surface area contributed by atoms with Gasteiger partial charge in [0.2, 0.25) is 0 Å². The molecule has 150 valence electrons. The Morgan fingerprint density at radius 2 is 1.50 bits per heavy atom. The average Bonchev–Trinajstić information content (AvgIpc) is 3.18. The Morgan fingerprint density at radius 3 is 2.23 bits per heavy atom. The largest absolute Gasteiger partial charge is 0.388 e. The fourth-order valence-electron chi connectivity index (χ4n) is 5.91. The molecule has 4 aliphatic rings. The van der Waals surface area contributed by atoms with E-state index in [-0.39, 0.29) is 11.7 Å². The number of ether oxygens (including phenoxy) is 3. The Morgan fingerprint density at radius 1 is 0.808 bits per heavy atom. The second kappa shape index (κ2) is 7.32. The first-order chi connectivity index (χ1) is 12.4. The maximum atomic E-state index is 10.8. The standard InChI is InChI=1S/C21H36O5/c1-14-5-3-8-20(11-14)10-7-16(25-20)18(22)19(23)17-13-24-21(26-17)9-4-6-15(2)12-21/h14-19,22-23H,3-13H2,1-2H3/t14?,15?,16-,17-,18-,19-,20?,21?/m0/s1. The van der Waals surface area contributed by atoms with Crippen LogP contribution in [0.15, 0.2) is 0 Å². The fraction of sp³-hybridized carbons (Fsp3) is 1.00. The van der Waals surface area contributed by atoms with Gasteiger partial charge in [0.1, 0.15) is 18.3 Å². The highest BCUT2D eigenvalue weighted by Gasteiger charge is 2.51. The van der Waals surface area contributed by atoms with Crippen molar-refractivity contribution in [1.29, 1.82) is 0 Å². The number of rotatable bonds is 3. The van der Waals surface area contributed by atoms with Gasteiger partial charge in [0.25, 0.3) is 0 Å². The maximum absolute atomic E-state index is 10.8. The molecule has 2 N–H and O–H groups in total. The van der Waals surface area contributed by atoms with Crippen LogP contribution in [0, 0.1) is 11.8 Å². The van der Waals surface area contributed by atoms with Crippen molar-refractivity contribution in [3.05, 3.63) is 0 Å². The maximum Gasteiger partial charge on any atom is 0.169 e. The van der Waals surface area contributed by atoms with Gasteiger partial charge in [-0.1, -0.05) is 33.1 Å². The lowest BCUT2D eigenvalue weighted by molar-refractivity contribution is -0.214. The number of aliphatic hydroxyl groups excluding tert-OH is 2. The zero-order chi connectivity index (χ0) is 18.4. The van der Waals surface area contributed by atoms with Gasteiger partial charge in [-0.3, -0.25) is 0 Å². The Bertz CT molecular complexity index is 455. The second-order valence-electron chi connectivity index (χ2n) is 9.64. The molecule has 0 aromatic heterocycles. The highest BCUT2D eigenvalue weighted by Crippen LogP contribution is 2.46. The van der Waals surface area contributed by atoms with E-state index < -0.39 is 24.1 Å². The molecule has 2 heterocycles. The van der Waals surface area contributed by atoms with Crippen LogP contribution < -0.4 is 0 Å². The monoisotopic (exact) mass is 368 g/mol. The van der Waals surface area contributed by atoms with Crippen molar-refractivity contribution in [2.75, 3.05) is 6.61 Å². The third kappa shape index (κ3) is 3.70. The molecule has 5 nitrogen and oxygen atoms in total. The molecule has 4 unspecified atom stereocenters. The van der Waals surface area contributed by atoms with Crippen LogP contribution in [0.4, 0.5) is 0 Å². The molecular weight excluding hydrogens is 332 g/mol. The molecule has 8 atom stereocenters. The molecule has 5 heteroatoms. The molecule has 2 saturated heterocycles. The zero-order valence-electron chi connectivity index (χ0n) is 16.4. The van der Waals surface area contributed by atoms with E-state index in [2.05, 4.69) is 13.8 Å². The van der Waals surface area contributed by atoms with Crippen LogP contribution in [0.1, 0.15) is 78.1 Å². The summed E-state index contributed by atoms with van der Waals surface area (Å²) in [7, 11) is 0. The highest BCUT2D eigenvalue weighted by atomic mass is 16.7. The van der Waals surface area contributed by atoms with E-state index in [1.54, 1.807) is 0 Å². The predicted octanol–water partition coefficient (Wildman–Crippen LogP) is 3.16. The first-order valence-electron chi connectivity index (χ1n) is 10.8. The lowest BCUT2D eigenvalue weighted by Gasteiger charge is -2.38. The first kappa shape index (κ1) is 19.1. The fourth-order valence-corrected chi connectivity index (χ4v) is 5.91. The normalized spacial score (nSPS) is 48.9. The summed E-state index contributed by atoms with van der Waals surface area (Å²) in [4.78, 5) is 0. The summed E-state index contributed by atoms with van der Waals surface area (Å²) >= 11 is 0. The molecule has 4 fully saturated rings. The molecule has 0 aromatic rings. The Kier molecular flexibility index (Phi) is 5.39. The summed E-state index contributed by atoms with van der Waals surface area (Å²) in [6.07, 6.45) is 7.92. The molecule has 2 aliphatic carbocycles. The average molecular weight is 369 g/mol. The van der Waals surface area contributed by atoms with Crippen molar-refractivity contribution < 1.29 is 24.4 Å². The van der Waals surface area contributed by atoms with Crippen LogP contribution in [0.5, 0.6) is 0 Å². The lowest BCUT2D eigenvalue weighted by atomic mass is 9.77. The van der Waals surface area contributed by atoms with E-state index in [1.165, 1.54) is 19.3 Å². The second-order valence-corrected chi connectivity index (χ2v) is 9.64. The van der Waals surface area contributed by atoms with Gasteiger partial charge in [-0.25, -0.2) is 0 Å². The molecular formula is C21H36O5. The first-order valence-corrected chi connectivity index (χ1v) is 10.8. The van der Waals surface area contributed by atoms with E-state index in [4.69, 9.17) is 14.2 Å². The van der Waals surface area contributed by atoms with Gasteiger partial charge < -0.3 is 24.4 Å². The summed E-state index contributed by atoms with van der Waals surface area (Å²) < 4.78 is 18.5. The number of hydrogen-bond acceptors (Lipinski definition) is 5. The smallest absolute Gasteiger partial charge is 0.169 e. The molecule has 0 aromatic carbocycles. The molecule has 2 aliphatic heterocycles. The van der Waals surface area contributed by atoms with Gasteiger partial charge in [0, 0.05) is 12.8 Å². The van der Waals surface area contributed by atoms with Crippen molar-refractivity contribution in [3.63, 3.8) is 0 Å². The molecule has 4 rings (SSSR count). The highest BCUT2D eigenvalue weighted by molar-refractivity contribution is 4.98. The Labute approximate surface area is 157 Å². The van der Waals surface area contributed by atoms with Crippen LogP contribution in [0.2, 0.25) is 0 Å². The molecule has 0 amide bonds. The van der Waals surface area contributed by atoms with Gasteiger partial charge in [-0.2, -0.15) is 0 Å². The van der Waals surface area contributed by atoms with Gasteiger partial charge >= 0.3 is 0 Å². The van der Waals surface area contributed by atoms with Crippen molar-refractivity contribution in [3.8, 4) is 0 Å². The molecule has 26 heavy (non-hydrogen) atoms.